The number of halogens is 2. The van der Waals surface area contributed by atoms with Crippen molar-refractivity contribution in [1.29, 1.82) is 0 Å². The Morgan fingerprint density at radius 2 is 1.46 bits per heavy atom. The molecule has 0 spiro atoms. The van der Waals surface area contributed by atoms with E-state index in [2.05, 4.69) is 0 Å². The maximum Gasteiger partial charge on any atom is 0.185 e. The molecule has 8 heteroatoms. The van der Waals surface area contributed by atoms with E-state index >= 15 is 0 Å². The first-order valence-electron chi connectivity index (χ1n) is 8.93. The summed E-state index contributed by atoms with van der Waals surface area (Å²) in [5.41, 5.74) is 1.46. The molecule has 2 unspecified atom stereocenters. The fourth-order valence-corrected chi connectivity index (χ4v) is 3.82. The minimum absolute atomic E-state index is 0.0572. The van der Waals surface area contributed by atoms with E-state index in [-0.39, 0.29) is 13.2 Å². The Hall–Kier alpha value is -1.22. The average Bonchev–Trinajstić information content (AvgIpc) is 3.12. The molecule has 28 heavy (non-hydrogen) atoms. The molecule has 0 radical (unpaired) electrons. The third-order valence-corrected chi connectivity index (χ3v) is 5.24. The van der Waals surface area contributed by atoms with Gasteiger partial charge in [-0.15, -0.1) is 0 Å². The van der Waals surface area contributed by atoms with Crippen LogP contribution in [0.3, 0.4) is 0 Å². The third kappa shape index (κ3) is 4.20. The lowest BCUT2D eigenvalue weighted by molar-refractivity contribution is -0.279. The van der Waals surface area contributed by atoms with Crippen molar-refractivity contribution in [3.63, 3.8) is 0 Å². The van der Waals surface area contributed by atoms with Gasteiger partial charge in [0.05, 0.1) is 13.2 Å². The SMILES string of the molecule is OC[C@@H]1OC(c2cccc(Cl)c2)O[C@H]1[C@@H]1OC(c2cccc(Cl)c2)OC[C@H]1O. The lowest BCUT2D eigenvalue weighted by Crippen LogP contribution is -2.51. The molecule has 2 aliphatic rings. The molecular weight excluding hydrogens is 407 g/mol. The summed E-state index contributed by atoms with van der Waals surface area (Å²) in [7, 11) is 0. The van der Waals surface area contributed by atoms with Crippen LogP contribution in [-0.4, -0.2) is 47.8 Å². The van der Waals surface area contributed by atoms with E-state index in [9.17, 15) is 10.2 Å². The number of benzene rings is 2. The summed E-state index contributed by atoms with van der Waals surface area (Å²) >= 11 is 12.1. The maximum atomic E-state index is 10.4. The Kier molecular flexibility index (Phi) is 6.20. The van der Waals surface area contributed by atoms with Gasteiger partial charge in [-0.05, 0) is 24.3 Å². The molecule has 150 valence electrons. The summed E-state index contributed by atoms with van der Waals surface area (Å²) in [6.07, 6.45) is -4.46. The number of hydrogen-bond donors (Lipinski definition) is 2. The zero-order valence-corrected chi connectivity index (χ0v) is 16.3. The van der Waals surface area contributed by atoms with Gasteiger partial charge in [-0.3, -0.25) is 0 Å². The number of ether oxygens (including phenoxy) is 4. The van der Waals surface area contributed by atoms with Crippen LogP contribution in [0.1, 0.15) is 23.7 Å². The molecular formula is C20H20Cl2O6. The van der Waals surface area contributed by atoms with E-state index in [0.717, 1.165) is 11.1 Å². The van der Waals surface area contributed by atoms with Gasteiger partial charge in [0.15, 0.2) is 12.6 Å². The van der Waals surface area contributed by atoms with Crippen molar-refractivity contribution >= 4 is 23.2 Å². The van der Waals surface area contributed by atoms with Crippen molar-refractivity contribution in [2.45, 2.75) is 37.0 Å². The number of rotatable bonds is 4. The number of hydrogen-bond acceptors (Lipinski definition) is 6. The number of aliphatic hydroxyl groups excluding tert-OH is 2. The molecule has 2 fully saturated rings. The molecule has 2 heterocycles. The second-order valence-corrected chi connectivity index (χ2v) is 7.61. The molecule has 6 nitrogen and oxygen atoms in total. The first kappa shape index (κ1) is 20.1. The molecule has 0 aromatic heterocycles. The fourth-order valence-electron chi connectivity index (χ4n) is 3.42. The van der Waals surface area contributed by atoms with Crippen LogP contribution in [0, 0.1) is 0 Å². The predicted octanol–water partition coefficient (Wildman–Crippen LogP) is 3.24. The van der Waals surface area contributed by atoms with Crippen LogP contribution in [0.15, 0.2) is 48.5 Å². The first-order valence-corrected chi connectivity index (χ1v) is 9.68. The van der Waals surface area contributed by atoms with E-state index in [1.165, 1.54) is 0 Å². The monoisotopic (exact) mass is 426 g/mol. The van der Waals surface area contributed by atoms with Gasteiger partial charge in [-0.25, -0.2) is 0 Å². The van der Waals surface area contributed by atoms with Crippen molar-refractivity contribution in [2.24, 2.45) is 0 Å². The molecule has 0 aliphatic carbocycles. The normalized spacial score (nSPS) is 33.1. The van der Waals surface area contributed by atoms with Gasteiger partial charge in [-0.1, -0.05) is 47.5 Å². The first-order chi connectivity index (χ1) is 13.5. The molecule has 2 aliphatic heterocycles. The van der Waals surface area contributed by atoms with Crippen LogP contribution in [0.4, 0.5) is 0 Å². The molecule has 0 saturated carbocycles. The summed E-state index contributed by atoms with van der Waals surface area (Å²) in [5.74, 6) is 0. The molecule has 2 N–H and O–H groups in total. The van der Waals surface area contributed by atoms with Gasteiger partial charge >= 0.3 is 0 Å². The van der Waals surface area contributed by atoms with Crippen molar-refractivity contribution in [3.8, 4) is 0 Å². The minimum Gasteiger partial charge on any atom is -0.394 e. The second-order valence-electron chi connectivity index (χ2n) is 6.73. The highest BCUT2D eigenvalue weighted by Crippen LogP contribution is 2.38. The van der Waals surface area contributed by atoms with Crippen LogP contribution in [-0.2, 0) is 18.9 Å². The van der Waals surface area contributed by atoms with Crippen LogP contribution >= 0.6 is 23.2 Å². The van der Waals surface area contributed by atoms with Gasteiger partial charge in [0.2, 0.25) is 0 Å². The van der Waals surface area contributed by atoms with E-state index in [1.54, 1.807) is 36.4 Å². The van der Waals surface area contributed by atoms with Crippen molar-refractivity contribution in [2.75, 3.05) is 13.2 Å². The fraction of sp³-hybridized carbons (Fsp3) is 0.400. The van der Waals surface area contributed by atoms with Gasteiger partial charge in [0.25, 0.3) is 0 Å². The van der Waals surface area contributed by atoms with E-state index in [0.29, 0.717) is 10.0 Å². The molecule has 0 amide bonds. The maximum absolute atomic E-state index is 10.4. The van der Waals surface area contributed by atoms with Crippen LogP contribution < -0.4 is 0 Å². The largest absolute Gasteiger partial charge is 0.394 e. The highest BCUT2D eigenvalue weighted by Gasteiger charge is 2.47. The van der Waals surface area contributed by atoms with E-state index < -0.39 is 37.0 Å². The summed E-state index contributed by atoms with van der Waals surface area (Å²) in [5, 5.41) is 21.3. The molecule has 2 saturated heterocycles. The molecule has 2 aromatic rings. The van der Waals surface area contributed by atoms with Crippen LogP contribution in [0.2, 0.25) is 10.0 Å². The van der Waals surface area contributed by atoms with E-state index in [1.807, 2.05) is 12.1 Å². The summed E-state index contributed by atoms with van der Waals surface area (Å²) in [6, 6.07) is 14.2. The minimum atomic E-state index is -0.934. The Morgan fingerprint density at radius 1 is 0.857 bits per heavy atom. The summed E-state index contributed by atoms with van der Waals surface area (Å²) in [6.45, 7) is -0.224. The Labute approximate surface area is 172 Å². The zero-order chi connectivity index (χ0) is 19.7. The Morgan fingerprint density at radius 3 is 2.07 bits per heavy atom. The molecule has 2 aromatic carbocycles. The summed E-state index contributed by atoms with van der Waals surface area (Å²) in [4.78, 5) is 0. The molecule has 6 atom stereocenters. The third-order valence-electron chi connectivity index (χ3n) is 4.77. The number of aliphatic hydroxyl groups is 2. The van der Waals surface area contributed by atoms with Gasteiger partial charge in [-0.2, -0.15) is 0 Å². The molecule has 4 rings (SSSR count). The van der Waals surface area contributed by atoms with Crippen molar-refractivity contribution in [3.05, 3.63) is 69.7 Å². The lowest BCUT2D eigenvalue weighted by atomic mass is 10.0. The van der Waals surface area contributed by atoms with Gasteiger partial charge in [0, 0.05) is 21.2 Å². The molecule has 0 bridgehead atoms. The van der Waals surface area contributed by atoms with Gasteiger partial charge in [0.1, 0.15) is 24.4 Å². The zero-order valence-electron chi connectivity index (χ0n) is 14.8. The average molecular weight is 427 g/mol. The topological polar surface area (TPSA) is 77.4 Å². The predicted molar refractivity (Wildman–Crippen MR) is 102 cm³/mol. The van der Waals surface area contributed by atoms with E-state index in [4.69, 9.17) is 42.1 Å². The standard InChI is InChI=1S/C20H20Cl2O6/c21-13-5-1-3-11(7-13)19-25-10-15(24)17(27-19)18-16(9-23)26-20(28-18)12-4-2-6-14(22)8-12/h1-8,15-20,23-24H,9-10H2/t15-,16+,17-,18-,19?,20?/m1/s1. The Bertz CT molecular complexity index is 775. The lowest BCUT2D eigenvalue weighted by Gasteiger charge is -2.37. The van der Waals surface area contributed by atoms with Crippen molar-refractivity contribution < 1.29 is 29.2 Å². The quantitative estimate of drug-likeness (QED) is 0.781. The van der Waals surface area contributed by atoms with Crippen molar-refractivity contribution in [1.82, 2.24) is 0 Å². The highest BCUT2D eigenvalue weighted by molar-refractivity contribution is 6.30. The Balaban J connectivity index is 1.53. The second kappa shape index (κ2) is 8.65. The van der Waals surface area contributed by atoms with Gasteiger partial charge < -0.3 is 29.2 Å². The summed E-state index contributed by atoms with van der Waals surface area (Å²) < 4.78 is 23.5. The smallest absolute Gasteiger partial charge is 0.185 e. The van der Waals surface area contributed by atoms with Crippen LogP contribution in [0.5, 0.6) is 0 Å². The van der Waals surface area contributed by atoms with Crippen LogP contribution in [0.25, 0.3) is 0 Å². The highest BCUT2D eigenvalue weighted by atomic mass is 35.5.